The lowest BCUT2D eigenvalue weighted by atomic mass is 9.84. The maximum atomic E-state index is 4.66. The molecule has 0 saturated heterocycles. The third-order valence-corrected chi connectivity index (χ3v) is 5.76. The Bertz CT molecular complexity index is 576. The highest BCUT2D eigenvalue weighted by molar-refractivity contribution is 7.15. The minimum absolute atomic E-state index is 0.696. The van der Waals surface area contributed by atoms with Crippen molar-refractivity contribution in [3.05, 3.63) is 22.5 Å². The quantitative estimate of drug-likeness (QED) is 0.920. The highest BCUT2D eigenvalue weighted by Crippen LogP contribution is 2.27. The Hall–Kier alpha value is -0.870. The number of rotatable bonds is 4. The zero-order chi connectivity index (χ0) is 14.1. The van der Waals surface area contributed by atoms with Crippen LogP contribution in [0.2, 0.25) is 0 Å². The Labute approximate surface area is 125 Å². The summed E-state index contributed by atoms with van der Waals surface area (Å²) >= 11 is 1.74. The van der Waals surface area contributed by atoms with Gasteiger partial charge in [-0.15, -0.1) is 11.3 Å². The number of hydrogen-bond acceptors (Lipinski definition) is 3. The van der Waals surface area contributed by atoms with Gasteiger partial charge in [-0.1, -0.05) is 13.3 Å². The molecule has 110 valence electrons. The zero-order valence-electron chi connectivity index (χ0n) is 12.8. The first-order valence-corrected chi connectivity index (χ1v) is 8.72. The molecule has 20 heavy (non-hydrogen) atoms. The van der Waals surface area contributed by atoms with E-state index >= 15 is 0 Å². The SMILES string of the molecule is CCC1CCC(NCc2c(C)nc3scc(C)n23)CC1. The van der Waals surface area contributed by atoms with Gasteiger partial charge in [0.1, 0.15) is 0 Å². The number of nitrogens with zero attached hydrogens (tertiary/aromatic N) is 2. The van der Waals surface area contributed by atoms with Gasteiger partial charge in [0.25, 0.3) is 0 Å². The van der Waals surface area contributed by atoms with Gasteiger partial charge < -0.3 is 5.32 Å². The Morgan fingerprint density at radius 2 is 2.05 bits per heavy atom. The number of hydrogen-bond donors (Lipinski definition) is 1. The summed E-state index contributed by atoms with van der Waals surface area (Å²) in [6, 6.07) is 0.696. The predicted octanol–water partition coefficient (Wildman–Crippen LogP) is 4.07. The maximum absolute atomic E-state index is 4.66. The standard InChI is InChI=1S/C16H25N3S/c1-4-13-5-7-14(8-6-13)17-9-15-12(3)18-16-19(15)11(2)10-20-16/h10,13-14,17H,4-9H2,1-3H3. The average Bonchev–Trinajstić information content (AvgIpc) is 2.97. The molecule has 1 aliphatic carbocycles. The van der Waals surface area contributed by atoms with E-state index in [9.17, 15) is 0 Å². The lowest BCUT2D eigenvalue weighted by Gasteiger charge is -2.28. The molecule has 0 radical (unpaired) electrons. The molecule has 1 aliphatic rings. The molecule has 0 amide bonds. The predicted molar refractivity (Wildman–Crippen MR) is 85.4 cm³/mol. The van der Waals surface area contributed by atoms with E-state index in [2.05, 4.69) is 40.9 Å². The van der Waals surface area contributed by atoms with Crippen molar-refractivity contribution < 1.29 is 0 Å². The third kappa shape index (κ3) is 2.63. The van der Waals surface area contributed by atoms with Crippen LogP contribution in [0, 0.1) is 19.8 Å². The molecule has 0 aromatic carbocycles. The first-order valence-electron chi connectivity index (χ1n) is 7.84. The fourth-order valence-corrected chi connectivity index (χ4v) is 4.32. The van der Waals surface area contributed by atoms with Crippen molar-refractivity contribution in [3.8, 4) is 0 Å². The lowest BCUT2D eigenvalue weighted by Crippen LogP contribution is -2.33. The number of fused-ring (bicyclic) bond motifs is 1. The van der Waals surface area contributed by atoms with E-state index in [0.29, 0.717) is 6.04 Å². The fraction of sp³-hybridized carbons (Fsp3) is 0.688. The number of nitrogens with one attached hydrogen (secondary N) is 1. The largest absolute Gasteiger partial charge is 0.308 e. The Balaban J connectivity index is 1.65. The smallest absolute Gasteiger partial charge is 0.194 e. The molecule has 1 N–H and O–H groups in total. The molecule has 2 aromatic rings. The molecule has 0 spiro atoms. The molecule has 2 aromatic heterocycles. The van der Waals surface area contributed by atoms with Crippen molar-refractivity contribution >= 4 is 16.3 Å². The highest BCUT2D eigenvalue weighted by atomic mass is 32.1. The van der Waals surface area contributed by atoms with Crippen LogP contribution in [0.25, 0.3) is 4.96 Å². The van der Waals surface area contributed by atoms with Crippen molar-refractivity contribution in [1.29, 1.82) is 0 Å². The number of aryl methyl sites for hydroxylation is 2. The molecule has 3 rings (SSSR count). The molecule has 3 nitrogen and oxygen atoms in total. The second kappa shape index (κ2) is 5.86. The van der Waals surface area contributed by atoms with Crippen LogP contribution in [0.4, 0.5) is 0 Å². The maximum Gasteiger partial charge on any atom is 0.194 e. The fourth-order valence-electron chi connectivity index (χ4n) is 3.39. The van der Waals surface area contributed by atoms with Crippen molar-refractivity contribution in [1.82, 2.24) is 14.7 Å². The van der Waals surface area contributed by atoms with Gasteiger partial charge in [-0.2, -0.15) is 0 Å². The average molecular weight is 291 g/mol. The topological polar surface area (TPSA) is 29.3 Å². The van der Waals surface area contributed by atoms with Crippen LogP contribution in [-0.2, 0) is 6.54 Å². The van der Waals surface area contributed by atoms with Gasteiger partial charge in [0.2, 0.25) is 0 Å². The Kier molecular flexibility index (Phi) is 4.13. The van der Waals surface area contributed by atoms with Crippen LogP contribution >= 0.6 is 11.3 Å². The van der Waals surface area contributed by atoms with Crippen LogP contribution in [0.5, 0.6) is 0 Å². The molecule has 1 saturated carbocycles. The molecule has 4 heteroatoms. The first-order chi connectivity index (χ1) is 9.69. The minimum Gasteiger partial charge on any atom is -0.308 e. The van der Waals surface area contributed by atoms with E-state index in [1.54, 1.807) is 11.3 Å². The number of aromatic nitrogens is 2. The molecule has 0 atom stereocenters. The van der Waals surface area contributed by atoms with E-state index < -0.39 is 0 Å². The molecular formula is C16H25N3S. The first kappa shape index (κ1) is 14.1. The second-order valence-electron chi connectivity index (χ2n) is 6.15. The normalized spacial score (nSPS) is 23.6. The van der Waals surface area contributed by atoms with Crippen LogP contribution in [0.3, 0.4) is 0 Å². The van der Waals surface area contributed by atoms with E-state index in [1.807, 2.05) is 0 Å². The second-order valence-corrected chi connectivity index (χ2v) is 6.98. The van der Waals surface area contributed by atoms with Gasteiger partial charge in [0.05, 0.1) is 11.4 Å². The molecule has 0 bridgehead atoms. The molecule has 0 unspecified atom stereocenters. The van der Waals surface area contributed by atoms with E-state index in [0.717, 1.165) is 17.4 Å². The zero-order valence-corrected chi connectivity index (χ0v) is 13.6. The van der Waals surface area contributed by atoms with Crippen LogP contribution in [-0.4, -0.2) is 15.4 Å². The van der Waals surface area contributed by atoms with Crippen molar-refractivity contribution in [2.75, 3.05) is 0 Å². The summed E-state index contributed by atoms with van der Waals surface area (Å²) < 4.78 is 2.31. The van der Waals surface area contributed by atoms with Crippen LogP contribution < -0.4 is 5.32 Å². The summed E-state index contributed by atoms with van der Waals surface area (Å²) in [6.45, 7) is 7.57. The Morgan fingerprint density at radius 1 is 1.30 bits per heavy atom. The molecular weight excluding hydrogens is 266 g/mol. The third-order valence-electron chi connectivity index (χ3n) is 4.81. The summed E-state index contributed by atoms with van der Waals surface area (Å²) in [5, 5.41) is 5.95. The lowest BCUT2D eigenvalue weighted by molar-refractivity contribution is 0.284. The van der Waals surface area contributed by atoms with Gasteiger partial charge in [-0.05, 0) is 45.4 Å². The highest BCUT2D eigenvalue weighted by Gasteiger charge is 2.20. The minimum atomic E-state index is 0.696. The van der Waals surface area contributed by atoms with Gasteiger partial charge in [0, 0.05) is 23.7 Å². The molecule has 1 fully saturated rings. The van der Waals surface area contributed by atoms with E-state index in [-0.39, 0.29) is 0 Å². The summed E-state index contributed by atoms with van der Waals surface area (Å²) in [7, 11) is 0. The van der Waals surface area contributed by atoms with Crippen molar-refractivity contribution in [2.45, 2.75) is 65.5 Å². The summed E-state index contributed by atoms with van der Waals surface area (Å²) in [4.78, 5) is 5.80. The van der Waals surface area contributed by atoms with Crippen LogP contribution in [0.1, 0.15) is 56.1 Å². The molecule has 0 aliphatic heterocycles. The van der Waals surface area contributed by atoms with Gasteiger partial charge in [-0.3, -0.25) is 4.40 Å². The monoisotopic (exact) mass is 291 g/mol. The Morgan fingerprint density at radius 3 is 2.75 bits per heavy atom. The van der Waals surface area contributed by atoms with Crippen molar-refractivity contribution in [2.24, 2.45) is 5.92 Å². The molecule has 2 heterocycles. The van der Waals surface area contributed by atoms with Gasteiger partial charge in [0.15, 0.2) is 4.96 Å². The van der Waals surface area contributed by atoms with Gasteiger partial charge >= 0.3 is 0 Å². The van der Waals surface area contributed by atoms with E-state index in [1.165, 1.54) is 49.2 Å². The summed E-state index contributed by atoms with van der Waals surface area (Å²) in [6.07, 6.45) is 6.81. The van der Waals surface area contributed by atoms with Gasteiger partial charge in [-0.25, -0.2) is 4.98 Å². The number of imidazole rings is 1. The van der Waals surface area contributed by atoms with E-state index in [4.69, 9.17) is 0 Å². The number of thiazole rings is 1. The summed E-state index contributed by atoms with van der Waals surface area (Å²) in [5.74, 6) is 0.968. The van der Waals surface area contributed by atoms with Crippen molar-refractivity contribution in [3.63, 3.8) is 0 Å². The summed E-state index contributed by atoms with van der Waals surface area (Å²) in [5.41, 5.74) is 3.82. The van der Waals surface area contributed by atoms with Crippen LogP contribution in [0.15, 0.2) is 5.38 Å².